The van der Waals surface area contributed by atoms with Crippen molar-refractivity contribution in [3.63, 3.8) is 0 Å². The zero-order valence-electron chi connectivity index (χ0n) is 9.49. The Bertz CT molecular complexity index is 305. The van der Waals surface area contributed by atoms with Crippen LogP contribution >= 0.6 is 11.3 Å². The van der Waals surface area contributed by atoms with Gasteiger partial charge in [0.15, 0.2) is 0 Å². The van der Waals surface area contributed by atoms with Crippen molar-refractivity contribution in [2.24, 2.45) is 5.92 Å². The molecule has 0 aliphatic heterocycles. The normalized spacial score (nSPS) is 16.2. The Morgan fingerprint density at radius 3 is 2.87 bits per heavy atom. The number of hydrogen-bond acceptors (Lipinski definition) is 4. The Morgan fingerprint density at radius 1 is 1.40 bits per heavy atom. The van der Waals surface area contributed by atoms with Gasteiger partial charge in [0.25, 0.3) is 0 Å². The Hall–Kier alpha value is -0.480. The van der Waals surface area contributed by atoms with Crippen LogP contribution in [0.2, 0.25) is 0 Å². The lowest BCUT2D eigenvalue weighted by Gasteiger charge is -2.04. The van der Waals surface area contributed by atoms with Crippen LogP contribution in [0.5, 0.6) is 0 Å². The Kier molecular flexibility index (Phi) is 3.70. The van der Waals surface area contributed by atoms with E-state index in [-0.39, 0.29) is 0 Å². The molecule has 3 nitrogen and oxygen atoms in total. The molecule has 15 heavy (non-hydrogen) atoms. The first-order valence-electron chi connectivity index (χ1n) is 5.78. The molecular formula is C11H19N3S. The highest BCUT2D eigenvalue weighted by atomic mass is 32.1. The van der Waals surface area contributed by atoms with Gasteiger partial charge in [0.05, 0.1) is 0 Å². The minimum atomic E-state index is 0.724. The van der Waals surface area contributed by atoms with E-state index in [0.717, 1.165) is 31.3 Å². The summed E-state index contributed by atoms with van der Waals surface area (Å²) in [7, 11) is 0. The van der Waals surface area contributed by atoms with E-state index in [1.54, 1.807) is 11.3 Å². The van der Waals surface area contributed by atoms with Gasteiger partial charge in [-0.05, 0) is 25.3 Å². The molecule has 0 unspecified atom stereocenters. The average molecular weight is 225 g/mol. The molecule has 4 heteroatoms. The zero-order valence-corrected chi connectivity index (χ0v) is 10.3. The molecular weight excluding hydrogens is 206 g/mol. The molecule has 1 saturated carbocycles. The van der Waals surface area contributed by atoms with Crippen molar-refractivity contribution >= 4 is 11.3 Å². The monoisotopic (exact) mass is 225 g/mol. The minimum absolute atomic E-state index is 0.724. The van der Waals surface area contributed by atoms with Gasteiger partial charge in [0.2, 0.25) is 0 Å². The van der Waals surface area contributed by atoms with Gasteiger partial charge < -0.3 is 5.32 Å². The van der Waals surface area contributed by atoms with Gasteiger partial charge in [-0.1, -0.05) is 13.8 Å². The Balaban J connectivity index is 1.69. The first kappa shape index (κ1) is 11.0. The molecule has 1 fully saturated rings. The molecule has 0 aromatic carbocycles. The maximum Gasteiger partial charge on any atom is 0.120 e. The first-order valence-corrected chi connectivity index (χ1v) is 6.60. The van der Waals surface area contributed by atoms with E-state index in [2.05, 4.69) is 29.4 Å². The fourth-order valence-electron chi connectivity index (χ4n) is 1.45. The van der Waals surface area contributed by atoms with E-state index in [1.807, 2.05) is 0 Å². The lowest BCUT2D eigenvalue weighted by molar-refractivity contribution is 0.553. The van der Waals surface area contributed by atoms with Crippen LogP contribution in [0.4, 0.5) is 0 Å². The van der Waals surface area contributed by atoms with Gasteiger partial charge in [-0.3, -0.25) is 0 Å². The molecule has 1 heterocycles. The Labute approximate surface area is 95.3 Å². The summed E-state index contributed by atoms with van der Waals surface area (Å²) >= 11 is 1.80. The molecule has 0 amide bonds. The predicted molar refractivity (Wildman–Crippen MR) is 63.3 cm³/mol. The number of rotatable bonds is 6. The lowest BCUT2D eigenvalue weighted by Crippen LogP contribution is -2.22. The second-order valence-electron chi connectivity index (χ2n) is 4.66. The highest BCUT2D eigenvalue weighted by molar-refractivity contribution is 7.11. The SMILES string of the molecule is CC(C)CNCCc1nnc(C2CC2)s1. The second kappa shape index (κ2) is 5.03. The molecule has 2 rings (SSSR count). The molecule has 84 valence electrons. The second-order valence-corrected chi connectivity index (χ2v) is 5.75. The van der Waals surface area contributed by atoms with Crippen LogP contribution in [0, 0.1) is 5.92 Å². The van der Waals surface area contributed by atoms with Crippen LogP contribution < -0.4 is 5.32 Å². The van der Waals surface area contributed by atoms with Crippen molar-refractivity contribution in [1.82, 2.24) is 15.5 Å². The van der Waals surface area contributed by atoms with Gasteiger partial charge in [-0.25, -0.2) is 0 Å². The van der Waals surface area contributed by atoms with Crippen molar-refractivity contribution in [1.29, 1.82) is 0 Å². The van der Waals surface area contributed by atoms with E-state index in [1.165, 1.54) is 22.9 Å². The molecule has 0 saturated heterocycles. The molecule has 1 aromatic heterocycles. The third kappa shape index (κ3) is 3.54. The molecule has 0 bridgehead atoms. The standard InChI is InChI=1S/C11H19N3S/c1-8(2)7-12-6-5-10-13-14-11(15-10)9-3-4-9/h8-9,12H,3-7H2,1-2H3. The molecule has 0 spiro atoms. The zero-order chi connectivity index (χ0) is 10.7. The highest BCUT2D eigenvalue weighted by Gasteiger charge is 2.27. The maximum absolute atomic E-state index is 4.23. The maximum atomic E-state index is 4.23. The third-order valence-electron chi connectivity index (χ3n) is 2.48. The van der Waals surface area contributed by atoms with Crippen molar-refractivity contribution in [2.75, 3.05) is 13.1 Å². The summed E-state index contributed by atoms with van der Waals surface area (Å²) in [6.45, 7) is 6.57. The van der Waals surface area contributed by atoms with Crippen LogP contribution in [0.1, 0.15) is 42.6 Å². The lowest BCUT2D eigenvalue weighted by atomic mass is 10.2. The average Bonchev–Trinajstić information content (AvgIpc) is 2.94. The summed E-state index contributed by atoms with van der Waals surface area (Å²) < 4.78 is 0. The molecule has 0 radical (unpaired) electrons. The summed E-state index contributed by atoms with van der Waals surface area (Å²) in [6, 6.07) is 0. The molecule has 1 aliphatic rings. The summed E-state index contributed by atoms with van der Waals surface area (Å²) in [6.07, 6.45) is 3.66. The van der Waals surface area contributed by atoms with Gasteiger partial charge in [0, 0.05) is 18.9 Å². The fourth-order valence-corrected chi connectivity index (χ4v) is 2.46. The minimum Gasteiger partial charge on any atom is -0.316 e. The van der Waals surface area contributed by atoms with Gasteiger partial charge in [0.1, 0.15) is 10.0 Å². The predicted octanol–water partition coefficient (Wildman–Crippen LogP) is 2.20. The number of nitrogens with one attached hydrogen (secondary N) is 1. The van der Waals surface area contributed by atoms with E-state index >= 15 is 0 Å². The van der Waals surface area contributed by atoms with E-state index in [9.17, 15) is 0 Å². The van der Waals surface area contributed by atoms with Crippen LogP contribution in [0.15, 0.2) is 0 Å². The van der Waals surface area contributed by atoms with E-state index in [4.69, 9.17) is 0 Å². The smallest absolute Gasteiger partial charge is 0.120 e. The van der Waals surface area contributed by atoms with Crippen LogP contribution in [-0.4, -0.2) is 23.3 Å². The van der Waals surface area contributed by atoms with Crippen LogP contribution in [0.3, 0.4) is 0 Å². The molecule has 1 aliphatic carbocycles. The quantitative estimate of drug-likeness (QED) is 0.754. The molecule has 1 N–H and O–H groups in total. The van der Waals surface area contributed by atoms with Gasteiger partial charge in [-0.2, -0.15) is 0 Å². The van der Waals surface area contributed by atoms with Crippen molar-refractivity contribution in [3.05, 3.63) is 10.0 Å². The van der Waals surface area contributed by atoms with Gasteiger partial charge >= 0.3 is 0 Å². The summed E-state index contributed by atoms with van der Waals surface area (Å²) in [5, 5.41) is 14.3. The fraction of sp³-hybridized carbons (Fsp3) is 0.818. The topological polar surface area (TPSA) is 37.8 Å². The van der Waals surface area contributed by atoms with Crippen LogP contribution in [-0.2, 0) is 6.42 Å². The van der Waals surface area contributed by atoms with Crippen LogP contribution in [0.25, 0.3) is 0 Å². The number of hydrogen-bond donors (Lipinski definition) is 1. The summed E-state index contributed by atoms with van der Waals surface area (Å²) in [5.74, 6) is 1.47. The highest BCUT2D eigenvalue weighted by Crippen LogP contribution is 2.41. The largest absolute Gasteiger partial charge is 0.316 e. The Morgan fingerprint density at radius 2 is 2.20 bits per heavy atom. The number of aromatic nitrogens is 2. The van der Waals surface area contributed by atoms with Crippen molar-refractivity contribution in [3.8, 4) is 0 Å². The van der Waals surface area contributed by atoms with E-state index < -0.39 is 0 Å². The first-order chi connectivity index (χ1) is 7.25. The van der Waals surface area contributed by atoms with Gasteiger partial charge in [-0.15, -0.1) is 21.5 Å². The molecule has 0 atom stereocenters. The number of nitrogens with zero attached hydrogens (tertiary/aromatic N) is 2. The molecule has 1 aromatic rings. The summed E-state index contributed by atoms with van der Waals surface area (Å²) in [5.41, 5.74) is 0. The van der Waals surface area contributed by atoms with Crippen molar-refractivity contribution < 1.29 is 0 Å². The van der Waals surface area contributed by atoms with Crippen molar-refractivity contribution in [2.45, 2.75) is 39.0 Å². The summed E-state index contributed by atoms with van der Waals surface area (Å²) in [4.78, 5) is 0. The third-order valence-corrected chi connectivity index (χ3v) is 3.62. The van der Waals surface area contributed by atoms with E-state index in [0.29, 0.717) is 0 Å².